The Balaban J connectivity index is 1.70. The zero-order valence-corrected chi connectivity index (χ0v) is 12.4. The van der Waals surface area contributed by atoms with Crippen LogP contribution in [0.1, 0.15) is 25.7 Å². The summed E-state index contributed by atoms with van der Waals surface area (Å²) in [6, 6.07) is 0.218. The summed E-state index contributed by atoms with van der Waals surface area (Å²) in [6.45, 7) is 0. The van der Waals surface area contributed by atoms with Crippen LogP contribution >= 0.6 is 11.8 Å². The first kappa shape index (κ1) is 14.0. The number of carbonyl (C=O) groups is 2. The normalized spacial score (nSPS) is 42.0. The number of fused-ring (bicyclic) bond motifs is 2. The zero-order valence-electron chi connectivity index (χ0n) is 11.6. The largest absolute Gasteiger partial charge is 0.481 e. The molecular weight excluding hydrogens is 274 g/mol. The highest BCUT2D eigenvalue weighted by atomic mass is 32.2. The lowest BCUT2D eigenvalue weighted by molar-refractivity contribution is -0.148. The lowest BCUT2D eigenvalue weighted by atomic mass is 9.82. The Labute approximate surface area is 123 Å². The number of rotatable bonds is 4. The molecule has 0 aromatic rings. The molecule has 0 radical (unpaired) electrons. The second-order valence-electron chi connectivity index (χ2n) is 6.16. The summed E-state index contributed by atoms with van der Waals surface area (Å²) in [4.78, 5) is 24.0. The number of aliphatic carboxylic acids is 1. The summed E-state index contributed by atoms with van der Waals surface area (Å²) in [5.41, 5.74) is 0. The van der Waals surface area contributed by atoms with Gasteiger partial charge in [-0.15, -0.1) is 0 Å². The number of amides is 1. The van der Waals surface area contributed by atoms with Crippen LogP contribution in [-0.2, 0) is 9.59 Å². The molecule has 3 aliphatic carbocycles. The SMILES string of the molecule is CSC1CCCC1NC(=O)[C@H]1C2C=CC(C2)[C@H]1C(=O)O. The molecule has 0 heterocycles. The van der Waals surface area contributed by atoms with E-state index >= 15 is 0 Å². The van der Waals surface area contributed by atoms with Gasteiger partial charge in [0.1, 0.15) is 0 Å². The van der Waals surface area contributed by atoms with Crippen LogP contribution in [0.5, 0.6) is 0 Å². The number of thioether (sulfide) groups is 1. The topological polar surface area (TPSA) is 66.4 Å². The molecule has 2 N–H and O–H groups in total. The van der Waals surface area contributed by atoms with Crippen LogP contribution < -0.4 is 5.32 Å². The highest BCUT2D eigenvalue weighted by molar-refractivity contribution is 7.99. The third-order valence-corrected chi connectivity index (χ3v) is 6.30. The number of carboxylic acid groups (broad SMARTS) is 1. The van der Waals surface area contributed by atoms with E-state index < -0.39 is 11.9 Å². The third-order valence-electron chi connectivity index (χ3n) is 5.13. The average Bonchev–Trinajstić information content (AvgIpc) is 3.12. The van der Waals surface area contributed by atoms with Crippen molar-refractivity contribution >= 4 is 23.6 Å². The molecule has 3 rings (SSSR count). The highest BCUT2D eigenvalue weighted by Gasteiger charge is 2.52. The summed E-state index contributed by atoms with van der Waals surface area (Å²) in [5, 5.41) is 13.0. The first-order chi connectivity index (χ1) is 9.61. The minimum Gasteiger partial charge on any atom is -0.481 e. The molecule has 2 saturated carbocycles. The van der Waals surface area contributed by atoms with Crippen LogP contribution in [0.4, 0.5) is 0 Å². The van der Waals surface area contributed by atoms with Crippen molar-refractivity contribution in [1.82, 2.24) is 5.32 Å². The molecule has 0 saturated heterocycles. The molecule has 6 atom stereocenters. The fraction of sp³-hybridized carbons (Fsp3) is 0.733. The van der Waals surface area contributed by atoms with Gasteiger partial charge in [0, 0.05) is 11.3 Å². The molecule has 0 spiro atoms. The van der Waals surface area contributed by atoms with Gasteiger partial charge in [-0.05, 0) is 37.4 Å². The smallest absolute Gasteiger partial charge is 0.307 e. The first-order valence-corrected chi connectivity index (χ1v) is 8.65. The van der Waals surface area contributed by atoms with Gasteiger partial charge in [0.05, 0.1) is 11.8 Å². The Kier molecular flexibility index (Phi) is 3.80. The fourth-order valence-corrected chi connectivity index (χ4v) is 5.10. The molecule has 110 valence electrons. The molecule has 2 bridgehead atoms. The molecule has 4 nitrogen and oxygen atoms in total. The van der Waals surface area contributed by atoms with E-state index in [-0.39, 0.29) is 29.7 Å². The number of nitrogens with one attached hydrogen (secondary N) is 1. The molecule has 0 aliphatic heterocycles. The van der Waals surface area contributed by atoms with E-state index in [1.165, 1.54) is 0 Å². The van der Waals surface area contributed by atoms with Crippen molar-refractivity contribution < 1.29 is 14.7 Å². The monoisotopic (exact) mass is 295 g/mol. The van der Waals surface area contributed by atoms with Crippen molar-refractivity contribution in [1.29, 1.82) is 0 Å². The number of carbonyl (C=O) groups excluding carboxylic acids is 1. The van der Waals surface area contributed by atoms with Crippen molar-refractivity contribution in [2.45, 2.75) is 37.0 Å². The molecule has 5 heteroatoms. The van der Waals surface area contributed by atoms with Gasteiger partial charge in [-0.1, -0.05) is 18.6 Å². The molecule has 20 heavy (non-hydrogen) atoms. The van der Waals surface area contributed by atoms with Crippen LogP contribution in [0.3, 0.4) is 0 Å². The maximum Gasteiger partial charge on any atom is 0.307 e. The van der Waals surface area contributed by atoms with Crippen molar-refractivity contribution in [2.24, 2.45) is 23.7 Å². The number of hydrogen-bond acceptors (Lipinski definition) is 3. The standard InChI is InChI=1S/C15H21NO3S/c1-20-11-4-2-3-10(11)16-14(17)12-8-5-6-9(7-8)13(12)15(18)19/h5-6,8-13H,2-4,7H2,1H3,(H,16,17)(H,18,19)/t8?,9?,10?,11?,12-,13+/m0/s1. The lowest BCUT2D eigenvalue weighted by Crippen LogP contribution is -2.46. The summed E-state index contributed by atoms with van der Waals surface area (Å²) in [5.74, 6) is -1.59. The molecular formula is C15H21NO3S. The second kappa shape index (κ2) is 5.43. The molecule has 3 aliphatic rings. The maximum atomic E-state index is 12.5. The fourth-order valence-electron chi connectivity index (χ4n) is 4.17. The maximum absolute atomic E-state index is 12.5. The van der Waals surface area contributed by atoms with Crippen LogP contribution in [-0.4, -0.2) is 34.5 Å². The van der Waals surface area contributed by atoms with Crippen molar-refractivity contribution in [3.8, 4) is 0 Å². The predicted octanol–water partition coefficient (Wildman–Crippen LogP) is 1.91. The Hall–Kier alpha value is -0.970. The van der Waals surface area contributed by atoms with Crippen LogP contribution in [0.15, 0.2) is 12.2 Å². The molecule has 4 unspecified atom stereocenters. The molecule has 0 aromatic carbocycles. The van der Waals surface area contributed by atoms with E-state index in [1.807, 2.05) is 12.2 Å². The Morgan fingerprint density at radius 3 is 2.55 bits per heavy atom. The number of hydrogen-bond donors (Lipinski definition) is 2. The predicted molar refractivity (Wildman–Crippen MR) is 78.4 cm³/mol. The van der Waals surface area contributed by atoms with E-state index in [0.29, 0.717) is 5.25 Å². The molecule has 2 fully saturated rings. The van der Waals surface area contributed by atoms with Crippen LogP contribution in [0, 0.1) is 23.7 Å². The summed E-state index contributed by atoms with van der Waals surface area (Å²) in [7, 11) is 0. The van der Waals surface area contributed by atoms with Gasteiger partial charge >= 0.3 is 5.97 Å². The van der Waals surface area contributed by atoms with Crippen molar-refractivity contribution in [3.05, 3.63) is 12.2 Å². The minimum absolute atomic E-state index is 0.0415. The quantitative estimate of drug-likeness (QED) is 0.778. The van der Waals surface area contributed by atoms with Crippen LogP contribution in [0.2, 0.25) is 0 Å². The third kappa shape index (κ3) is 2.26. The van der Waals surface area contributed by atoms with Crippen LogP contribution in [0.25, 0.3) is 0 Å². The van der Waals surface area contributed by atoms with E-state index in [9.17, 15) is 14.7 Å². The Bertz CT molecular complexity index is 450. The first-order valence-electron chi connectivity index (χ1n) is 7.36. The van der Waals surface area contributed by atoms with Gasteiger partial charge in [-0.2, -0.15) is 11.8 Å². The molecule has 1 amide bonds. The van der Waals surface area contributed by atoms with Crippen molar-refractivity contribution in [2.75, 3.05) is 6.26 Å². The summed E-state index contributed by atoms with van der Waals surface area (Å²) < 4.78 is 0. The number of allylic oxidation sites excluding steroid dienone is 2. The van der Waals surface area contributed by atoms with Gasteiger partial charge in [0.15, 0.2) is 0 Å². The van der Waals surface area contributed by atoms with E-state index in [0.717, 1.165) is 25.7 Å². The number of carboxylic acids is 1. The van der Waals surface area contributed by atoms with Crippen molar-refractivity contribution in [3.63, 3.8) is 0 Å². The Morgan fingerprint density at radius 1 is 1.20 bits per heavy atom. The van der Waals surface area contributed by atoms with Gasteiger partial charge in [0.2, 0.25) is 5.91 Å². The van der Waals surface area contributed by atoms with E-state index in [2.05, 4.69) is 11.6 Å². The zero-order chi connectivity index (χ0) is 14.3. The Morgan fingerprint density at radius 2 is 1.90 bits per heavy atom. The highest BCUT2D eigenvalue weighted by Crippen LogP contribution is 2.48. The average molecular weight is 295 g/mol. The molecule has 0 aromatic heterocycles. The lowest BCUT2D eigenvalue weighted by Gasteiger charge is -2.27. The van der Waals surface area contributed by atoms with E-state index in [1.54, 1.807) is 11.8 Å². The second-order valence-corrected chi connectivity index (χ2v) is 7.24. The van der Waals surface area contributed by atoms with Gasteiger partial charge in [-0.25, -0.2) is 0 Å². The summed E-state index contributed by atoms with van der Waals surface area (Å²) >= 11 is 1.80. The van der Waals surface area contributed by atoms with Gasteiger partial charge in [0.25, 0.3) is 0 Å². The van der Waals surface area contributed by atoms with Gasteiger partial charge in [-0.3, -0.25) is 9.59 Å². The van der Waals surface area contributed by atoms with Gasteiger partial charge < -0.3 is 10.4 Å². The van der Waals surface area contributed by atoms with E-state index in [4.69, 9.17) is 0 Å². The minimum atomic E-state index is -0.824. The summed E-state index contributed by atoms with van der Waals surface area (Å²) in [6.07, 6.45) is 10.2.